The summed E-state index contributed by atoms with van der Waals surface area (Å²) in [7, 11) is 0. The predicted molar refractivity (Wildman–Crippen MR) is 153 cm³/mol. The van der Waals surface area contributed by atoms with Crippen molar-refractivity contribution in [3.05, 3.63) is 0 Å². The minimum absolute atomic E-state index is 0. The van der Waals surface area contributed by atoms with Gasteiger partial charge in [0.05, 0.1) is 12.2 Å². The maximum Gasteiger partial charge on any atom is 2.00 e. The van der Waals surface area contributed by atoms with Crippen LogP contribution in [-0.4, -0.2) is 22.7 Å². The van der Waals surface area contributed by atoms with Gasteiger partial charge in [0.15, 0.2) is 0 Å². The van der Waals surface area contributed by atoms with Crippen LogP contribution in [0.2, 0.25) is 0 Å². The molecule has 0 aromatic carbocycles. The number of rotatable bonds is 8. The molecule has 0 bridgehead atoms. The Kier molecular flexibility index (Phi) is 17.2. The van der Waals surface area contributed by atoms with Crippen LogP contribution in [0, 0.1) is 0 Å². The third-order valence-electron chi connectivity index (χ3n) is 7.32. The molecule has 1 radical (unpaired) electrons. The Morgan fingerprint density at radius 2 is 0.743 bits per heavy atom. The van der Waals surface area contributed by atoms with Crippen molar-refractivity contribution in [3.8, 4) is 0 Å². The summed E-state index contributed by atoms with van der Waals surface area (Å²) in [6.45, 7) is 0. The Hall–Kier alpha value is 2.36. The van der Waals surface area contributed by atoms with E-state index in [0.717, 1.165) is 25.7 Å². The summed E-state index contributed by atoms with van der Waals surface area (Å²) in [5.41, 5.74) is -5.66. The Balaban J connectivity index is 0.000000240. The van der Waals surface area contributed by atoms with E-state index < -0.39 is 11.4 Å². The fourth-order valence-corrected chi connectivity index (χ4v) is 15.9. The molecule has 0 aliphatic heterocycles. The number of hydrogen-bond donors (Lipinski definition) is 0. The zero-order valence-electron chi connectivity index (χ0n) is 20.9. The first-order valence-electron chi connectivity index (χ1n) is 13.7. The molecule has 4 saturated carbocycles. The van der Waals surface area contributed by atoms with Crippen LogP contribution >= 0.6 is 34.2 Å². The van der Waals surface area contributed by atoms with Gasteiger partial charge in [-0.25, -0.2) is 0 Å². The summed E-state index contributed by atoms with van der Waals surface area (Å²) < 4.78 is 11.4. The molecule has 35 heavy (non-hydrogen) atoms. The first kappa shape index (κ1) is 33.6. The van der Waals surface area contributed by atoms with Gasteiger partial charge in [0, 0.05) is 21.9 Å². The van der Waals surface area contributed by atoms with Gasteiger partial charge >= 0.3 is 17.1 Å². The van der Waals surface area contributed by atoms with Gasteiger partial charge in [-0.1, -0.05) is 101 Å². The molecule has 4 nitrogen and oxygen atoms in total. The van der Waals surface area contributed by atoms with Crippen LogP contribution in [0.4, 0.5) is 0 Å². The maximum atomic E-state index is 12.3. The molecular formula is C24H44CuO4P2S4. The van der Waals surface area contributed by atoms with Gasteiger partial charge in [-0.2, -0.15) is 0 Å². The van der Waals surface area contributed by atoms with Gasteiger partial charge in [-0.05, 0) is 51.4 Å². The molecule has 11 heteroatoms. The smallest absolute Gasteiger partial charge is 0.793 e. The molecule has 4 aliphatic carbocycles. The fraction of sp³-hybridized carbons (Fsp3) is 1.00. The molecule has 0 N–H and O–H groups in total. The average Bonchev–Trinajstić information content (AvgIpc) is 2.81. The van der Waals surface area contributed by atoms with Crippen LogP contribution in [0.25, 0.3) is 0 Å². The summed E-state index contributed by atoms with van der Waals surface area (Å²) in [6, 6.07) is 0. The van der Waals surface area contributed by atoms with Crippen molar-refractivity contribution in [2.45, 2.75) is 151 Å². The second kappa shape index (κ2) is 17.9. The van der Waals surface area contributed by atoms with E-state index in [-0.39, 0.29) is 29.3 Å². The zero-order chi connectivity index (χ0) is 24.3. The van der Waals surface area contributed by atoms with Crippen molar-refractivity contribution in [1.82, 2.24) is 0 Å². The molecule has 209 valence electrons. The number of hydrogen-bond acceptors (Lipinski definition) is 8. The molecular weight excluding hydrogens is 606 g/mol. The standard InChI is InChI=1S/2C12H23O2PS2.Cu/c2*13-15(16,14-11-7-3-1-4-8-11)17-12-9-5-2-6-10-12;/h2*11-12H,1-10H2,(H,13,16);/q;;+2/p-2. The quantitative estimate of drug-likeness (QED) is 0.194. The molecule has 0 amide bonds. The molecule has 0 spiro atoms. The Labute approximate surface area is 243 Å². The van der Waals surface area contributed by atoms with Crippen molar-refractivity contribution in [3.63, 3.8) is 0 Å². The van der Waals surface area contributed by atoms with Crippen LogP contribution in [0.5, 0.6) is 0 Å². The third kappa shape index (κ3) is 14.5. The maximum absolute atomic E-state index is 12.3. The van der Waals surface area contributed by atoms with Crippen LogP contribution in [0.1, 0.15) is 128 Å². The molecule has 4 rings (SSSR count). The molecule has 2 unspecified atom stereocenters. The second-order valence-electron chi connectivity index (χ2n) is 10.4. The van der Waals surface area contributed by atoms with E-state index in [2.05, 4.69) is 0 Å². The van der Waals surface area contributed by atoms with Gasteiger partial charge < -0.3 is 18.8 Å². The predicted octanol–water partition coefficient (Wildman–Crippen LogP) is 7.97. The van der Waals surface area contributed by atoms with Gasteiger partial charge in [0.1, 0.15) is 0 Å². The van der Waals surface area contributed by atoms with Crippen molar-refractivity contribution >= 4 is 57.8 Å². The average molecular weight is 650 g/mol. The first-order valence-corrected chi connectivity index (χ1v) is 21.9. The van der Waals surface area contributed by atoms with E-state index in [1.54, 1.807) is 0 Å². The van der Waals surface area contributed by atoms with Crippen molar-refractivity contribution in [1.29, 1.82) is 0 Å². The Bertz CT molecular complexity index is 562. The summed E-state index contributed by atoms with van der Waals surface area (Å²) in [5, 5.41) is 0.964. The molecule has 0 aromatic rings. The summed E-state index contributed by atoms with van der Waals surface area (Å²) in [6.07, 6.45) is 24.3. The topological polar surface area (TPSA) is 64.6 Å². The van der Waals surface area contributed by atoms with E-state index in [1.807, 2.05) is 0 Å². The van der Waals surface area contributed by atoms with E-state index in [1.165, 1.54) is 125 Å². The van der Waals surface area contributed by atoms with E-state index in [4.69, 9.17) is 32.7 Å². The molecule has 0 saturated heterocycles. The summed E-state index contributed by atoms with van der Waals surface area (Å²) >= 11 is 13.3. The van der Waals surface area contributed by atoms with Gasteiger partial charge in [-0.3, -0.25) is 0 Å². The first-order chi connectivity index (χ1) is 16.3. The third-order valence-corrected chi connectivity index (χ3v) is 16.4. The Morgan fingerprint density at radius 3 is 1.03 bits per heavy atom. The largest absolute Gasteiger partial charge is 2.00 e. The van der Waals surface area contributed by atoms with E-state index in [0.29, 0.717) is 10.5 Å². The van der Waals surface area contributed by atoms with Crippen molar-refractivity contribution < 1.29 is 35.9 Å². The van der Waals surface area contributed by atoms with Crippen LogP contribution in [0.15, 0.2) is 0 Å². The Morgan fingerprint density at radius 1 is 0.486 bits per heavy atom. The monoisotopic (exact) mass is 649 g/mol. The van der Waals surface area contributed by atoms with E-state index in [9.17, 15) is 9.79 Å². The van der Waals surface area contributed by atoms with Crippen LogP contribution in [0.3, 0.4) is 0 Å². The summed E-state index contributed by atoms with van der Waals surface area (Å²) in [4.78, 5) is 24.6. The van der Waals surface area contributed by atoms with Gasteiger partial charge in [0.25, 0.3) is 0 Å². The minimum atomic E-state index is -2.83. The second-order valence-corrected chi connectivity index (χ2v) is 22.7. The molecule has 2 atom stereocenters. The zero-order valence-corrected chi connectivity index (χ0v) is 26.9. The minimum Gasteiger partial charge on any atom is -0.793 e. The van der Waals surface area contributed by atoms with E-state index >= 15 is 0 Å². The summed E-state index contributed by atoms with van der Waals surface area (Å²) in [5.74, 6) is 0. The van der Waals surface area contributed by atoms with Crippen molar-refractivity contribution in [2.24, 2.45) is 0 Å². The normalized spacial score (nSPS) is 27.0. The molecule has 0 heterocycles. The van der Waals surface area contributed by atoms with Crippen LogP contribution < -0.4 is 9.79 Å². The van der Waals surface area contributed by atoms with Gasteiger partial charge in [0.2, 0.25) is 0 Å². The van der Waals surface area contributed by atoms with Crippen LogP contribution in [-0.2, 0) is 49.7 Å². The van der Waals surface area contributed by atoms with Crippen molar-refractivity contribution in [2.75, 3.05) is 0 Å². The fourth-order valence-electron chi connectivity index (χ4n) is 5.46. The molecule has 0 aromatic heterocycles. The van der Waals surface area contributed by atoms with Gasteiger partial charge in [-0.15, -0.1) is 22.8 Å². The molecule has 4 aliphatic rings. The SMILES string of the molecule is [Cu+2].[O-]P(=S)(OC1CCCCC1)SC1CCCCC1.[O-]P(=S)(OC1CCCCC1)SC1CCCCC1. The molecule has 4 fully saturated rings.